The van der Waals surface area contributed by atoms with Crippen molar-refractivity contribution in [1.29, 1.82) is 0 Å². The highest BCUT2D eigenvalue weighted by molar-refractivity contribution is 5.35. The number of nitrogens with one attached hydrogen (secondary N) is 1. The van der Waals surface area contributed by atoms with Crippen molar-refractivity contribution in [3.05, 3.63) is 23.9 Å². The highest BCUT2D eigenvalue weighted by atomic mass is 19.4. The number of halogens is 3. The van der Waals surface area contributed by atoms with E-state index < -0.39 is 12.7 Å². The van der Waals surface area contributed by atoms with Gasteiger partial charge in [0.25, 0.3) is 0 Å². The Kier molecular flexibility index (Phi) is 2.75. The Morgan fingerprint density at radius 2 is 2.08 bits per heavy atom. The zero-order chi connectivity index (χ0) is 9.90. The number of hydrogen-bond acceptors (Lipinski definition) is 2. The van der Waals surface area contributed by atoms with Gasteiger partial charge in [0.2, 0.25) is 0 Å². The fraction of sp³-hybridized carbons (Fsp3) is 0.375. The molecular weight excluding hydrogens is 181 g/mol. The van der Waals surface area contributed by atoms with Crippen LogP contribution < -0.4 is 5.32 Å². The molecule has 1 heterocycles. The maximum absolute atomic E-state index is 11.8. The lowest BCUT2D eigenvalue weighted by molar-refractivity contribution is -0.115. The van der Waals surface area contributed by atoms with Crippen LogP contribution >= 0.6 is 0 Å². The topological polar surface area (TPSA) is 24.9 Å². The summed E-state index contributed by atoms with van der Waals surface area (Å²) in [5.74, 6) is 0.248. The van der Waals surface area contributed by atoms with E-state index in [1.54, 1.807) is 19.1 Å². The Balaban J connectivity index is 2.55. The van der Waals surface area contributed by atoms with E-state index in [1.165, 1.54) is 6.07 Å². The first kappa shape index (κ1) is 9.83. The summed E-state index contributed by atoms with van der Waals surface area (Å²) in [6, 6.07) is 4.87. The Morgan fingerprint density at radius 3 is 2.62 bits per heavy atom. The van der Waals surface area contributed by atoms with Crippen LogP contribution in [0, 0.1) is 6.92 Å². The highest BCUT2D eigenvalue weighted by Gasteiger charge is 2.26. The molecule has 0 aliphatic carbocycles. The van der Waals surface area contributed by atoms with E-state index in [0.29, 0.717) is 5.69 Å². The molecule has 0 spiro atoms. The summed E-state index contributed by atoms with van der Waals surface area (Å²) >= 11 is 0. The molecule has 1 N–H and O–H groups in total. The van der Waals surface area contributed by atoms with Crippen LogP contribution in [0.15, 0.2) is 18.2 Å². The van der Waals surface area contributed by atoms with Gasteiger partial charge in [-0.05, 0) is 19.1 Å². The van der Waals surface area contributed by atoms with E-state index >= 15 is 0 Å². The summed E-state index contributed by atoms with van der Waals surface area (Å²) in [6.45, 7) is 0.669. The van der Waals surface area contributed by atoms with Gasteiger partial charge in [-0.2, -0.15) is 13.2 Å². The van der Waals surface area contributed by atoms with E-state index in [1.807, 2.05) is 0 Å². The average molecular weight is 190 g/mol. The first-order valence-corrected chi connectivity index (χ1v) is 3.72. The fourth-order valence-corrected chi connectivity index (χ4v) is 0.832. The minimum atomic E-state index is -4.20. The van der Waals surface area contributed by atoms with Crippen molar-refractivity contribution >= 4 is 5.82 Å². The molecule has 0 aliphatic heterocycles. The summed E-state index contributed by atoms with van der Waals surface area (Å²) in [5, 5.41) is 2.19. The molecule has 0 aliphatic rings. The third-order valence-corrected chi connectivity index (χ3v) is 1.36. The Hall–Kier alpha value is -1.26. The molecule has 0 bridgehead atoms. The van der Waals surface area contributed by atoms with Crippen LogP contribution in [0.1, 0.15) is 5.69 Å². The molecule has 1 aromatic rings. The molecule has 0 aromatic carbocycles. The van der Waals surface area contributed by atoms with Crippen molar-refractivity contribution in [2.75, 3.05) is 11.9 Å². The first-order valence-electron chi connectivity index (χ1n) is 3.72. The van der Waals surface area contributed by atoms with Crippen molar-refractivity contribution in [2.24, 2.45) is 0 Å². The van der Waals surface area contributed by atoms with Gasteiger partial charge < -0.3 is 5.32 Å². The van der Waals surface area contributed by atoms with Crippen molar-refractivity contribution in [1.82, 2.24) is 4.98 Å². The first-order chi connectivity index (χ1) is 5.97. The van der Waals surface area contributed by atoms with Crippen LogP contribution in [0.4, 0.5) is 19.0 Å². The van der Waals surface area contributed by atoms with E-state index in [9.17, 15) is 13.2 Å². The second-order valence-corrected chi connectivity index (χ2v) is 2.63. The smallest absolute Gasteiger partial charge is 0.361 e. The summed E-state index contributed by atoms with van der Waals surface area (Å²) in [5.41, 5.74) is 0.687. The summed E-state index contributed by atoms with van der Waals surface area (Å²) < 4.78 is 35.3. The predicted octanol–water partition coefficient (Wildman–Crippen LogP) is 2.36. The molecule has 72 valence electrons. The van der Waals surface area contributed by atoms with Crippen LogP contribution in [0.5, 0.6) is 0 Å². The number of aromatic nitrogens is 1. The zero-order valence-corrected chi connectivity index (χ0v) is 7.02. The number of hydrogen-bond donors (Lipinski definition) is 1. The van der Waals surface area contributed by atoms with Crippen LogP contribution in [-0.4, -0.2) is 17.7 Å². The van der Waals surface area contributed by atoms with Gasteiger partial charge in [0, 0.05) is 5.69 Å². The van der Waals surface area contributed by atoms with E-state index in [0.717, 1.165) is 0 Å². The van der Waals surface area contributed by atoms with Gasteiger partial charge in [-0.25, -0.2) is 4.98 Å². The second-order valence-electron chi connectivity index (χ2n) is 2.63. The number of rotatable bonds is 2. The molecule has 0 unspecified atom stereocenters. The third-order valence-electron chi connectivity index (χ3n) is 1.36. The van der Waals surface area contributed by atoms with Gasteiger partial charge in [0.05, 0.1) is 0 Å². The predicted molar refractivity (Wildman–Crippen MR) is 43.5 cm³/mol. The largest absolute Gasteiger partial charge is 0.405 e. The Bertz CT molecular complexity index is 283. The van der Waals surface area contributed by atoms with Gasteiger partial charge in [-0.15, -0.1) is 0 Å². The molecule has 0 saturated heterocycles. The molecule has 0 amide bonds. The molecule has 0 radical (unpaired) electrons. The summed E-state index contributed by atoms with van der Waals surface area (Å²) in [7, 11) is 0. The van der Waals surface area contributed by atoms with Gasteiger partial charge in [-0.1, -0.05) is 6.07 Å². The molecule has 2 nitrogen and oxygen atoms in total. The molecular formula is C8H9F3N2. The summed E-state index contributed by atoms with van der Waals surface area (Å²) in [6.07, 6.45) is -4.20. The Labute approximate surface area is 73.8 Å². The third kappa shape index (κ3) is 3.78. The average Bonchev–Trinajstić information content (AvgIpc) is 2.00. The van der Waals surface area contributed by atoms with Crippen molar-refractivity contribution in [2.45, 2.75) is 13.1 Å². The van der Waals surface area contributed by atoms with Gasteiger partial charge in [0.15, 0.2) is 0 Å². The SMILES string of the molecule is Cc1cccc(NCC(F)(F)F)n1. The number of anilines is 1. The zero-order valence-electron chi connectivity index (χ0n) is 7.02. The van der Waals surface area contributed by atoms with Crippen molar-refractivity contribution in [3.8, 4) is 0 Å². The maximum Gasteiger partial charge on any atom is 0.405 e. The van der Waals surface area contributed by atoms with E-state index in [2.05, 4.69) is 10.3 Å². The molecule has 5 heteroatoms. The highest BCUT2D eigenvalue weighted by Crippen LogP contribution is 2.15. The molecule has 1 aromatic heterocycles. The normalized spacial score (nSPS) is 11.4. The lowest BCUT2D eigenvalue weighted by Crippen LogP contribution is -2.21. The molecule has 0 fully saturated rings. The summed E-state index contributed by atoms with van der Waals surface area (Å²) in [4.78, 5) is 3.87. The maximum atomic E-state index is 11.8. The van der Waals surface area contributed by atoms with Crippen LogP contribution in [0.2, 0.25) is 0 Å². The van der Waals surface area contributed by atoms with Crippen LogP contribution in [-0.2, 0) is 0 Å². The van der Waals surface area contributed by atoms with E-state index in [4.69, 9.17) is 0 Å². The lowest BCUT2D eigenvalue weighted by atomic mass is 10.4. The van der Waals surface area contributed by atoms with Crippen molar-refractivity contribution < 1.29 is 13.2 Å². The van der Waals surface area contributed by atoms with Gasteiger partial charge in [0.1, 0.15) is 12.4 Å². The molecule has 0 saturated carbocycles. The molecule has 13 heavy (non-hydrogen) atoms. The Morgan fingerprint density at radius 1 is 1.38 bits per heavy atom. The number of aryl methyl sites for hydroxylation is 1. The monoisotopic (exact) mass is 190 g/mol. The second kappa shape index (κ2) is 3.64. The number of alkyl halides is 3. The lowest BCUT2D eigenvalue weighted by Gasteiger charge is -2.08. The fourth-order valence-electron chi connectivity index (χ4n) is 0.832. The number of nitrogens with zero attached hydrogens (tertiary/aromatic N) is 1. The van der Waals surface area contributed by atoms with Gasteiger partial charge >= 0.3 is 6.18 Å². The molecule has 1 rings (SSSR count). The standard InChI is InChI=1S/C8H9F3N2/c1-6-3-2-4-7(13-6)12-5-8(9,10)11/h2-4H,5H2,1H3,(H,12,13). The molecule has 0 atom stereocenters. The van der Waals surface area contributed by atoms with E-state index in [-0.39, 0.29) is 5.82 Å². The van der Waals surface area contributed by atoms with Gasteiger partial charge in [-0.3, -0.25) is 0 Å². The quantitative estimate of drug-likeness (QED) is 0.774. The number of pyridine rings is 1. The van der Waals surface area contributed by atoms with Crippen molar-refractivity contribution in [3.63, 3.8) is 0 Å². The van der Waals surface area contributed by atoms with Crippen LogP contribution in [0.25, 0.3) is 0 Å². The minimum Gasteiger partial charge on any atom is -0.361 e. The van der Waals surface area contributed by atoms with Crippen LogP contribution in [0.3, 0.4) is 0 Å². The minimum absolute atomic E-state index is 0.248.